The van der Waals surface area contributed by atoms with Crippen molar-refractivity contribution in [2.45, 2.75) is 24.5 Å². The minimum Gasteiger partial charge on any atom is -0.336 e. The summed E-state index contributed by atoms with van der Waals surface area (Å²) in [5.74, 6) is -0.551. The maximum Gasteiger partial charge on any atom is 0.272 e. The fraction of sp³-hybridized carbons (Fsp3) is 0.778. The molecule has 0 aromatic heterocycles. The maximum absolute atomic E-state index is 12.6. The minimum atomic E-state index is -1.96. The van der Waals surface area contributed by atoms with Gasteiger partial charge in [0.25, 0.3) is 11.5 Å². The molecule has 2 rings (SSSR count). The van der Waals surface area contributed by atoms with Gasteiger partial charge in [-0.2, -0.15) is 0 Å². The summed E-state index contributed by atoms with van der Waals surface area (Å²) in [6.07, 6.45) is 1.29. The molecule has 2 heterocycles. The van der Waals surface area contributed by atoms with E-state index in [4.69, 9.17) is 11.6 Å². The van der Waals surface area contributed by atoms with E-state index in [1.807, 2.05) is 0 Å². The van der Waals surface area contributed by atoms with E-state index < -0.39 is 11.5 Å². The molecule has 0 spiro atoms. The standard InChI is InChI=1S/C9H12ClFN2O2/c10-8(11)9(15)12-3-4-13-6(5-12)1-2-7(13)14/h6,8H,1-5H2. The van der Waals surface area contributed by atoms with Crippen molar-refractivity contribution in [2.24, 2.45) is 0 Å². The second kappa shape index (κ2) is 3.96. The number of piperazine rings is 1. The van der Waals surface area contributed by atoms with Gasteiger partial charge < -0.3 is 9.80 Å². The number of amides is 2. The van der Waals surface area contributed by atoms with Gasteiger partial charge in [0.15, 0.2) is 0 Å². The molecule has 2 amide bonds. The molecule has 0 aromatic carbocycles. The number of rotatable bonds is 1. The van der Waals surface area contributed by atoms with Crippen LogP contribution in [0.2, 0.25) is 0 Å². The fourth-order valence-electron chi connectivity index (χ4n) is 2.20. The molecule has 0 saturated carbocycles. The van der Waals surface area contributed by atoms with E-state index in [0.29, 0.717) is 26.1 Å². The average Bonchev–Trinajstić information content (AvgIpc) is 2.59. The molecule has 4 nitrogen and oxygen atoms in total. The van der Waals surface area contributed by atoms with Crippen LogP contribution >= 0.6 is 11.6 Å². The van der Waals surface area contributed by atoms with E-state index in [0.717, 1.165) is 6.42 Å². The molecule has 2 aliphatic heterocycles. The summed E-state index contributed by atoms with van der Waals surface area (Å²) in [4.78, 5) is 25.8. The zero-order chi connectivity index (χ0) is 11.0. The largest absolute Gasteiger partial charge is 0.336 e. The molecule has 0 bridgehead atoms. The predicted octanol–water partition coefficient (Wildman–Crippen LogP) is 0.354. The van der Waals surface area contributed by atoms with Crippen molar-refractivity contribution in [1.82, 2.24) is 9.80 Å². The van der Waals surface area contributed by atoms with Crippen LogP contribution in [0.5, 0.6) is 0 Å². The van der Waals surface area contributed by atoms with E-state index in [9.17, 15) is 14.0 Å². The highest BCUT2D eigenvalue weighted by atomic mass is 35.5. The third-order valence-electron chi connectivity index (χ3n) is 2.99. The van der Waals surface area contributed by atoms with Gasteiger partial charge in [-0.3, -0.25) is 9.59 Å². The van der Waals surface area contributed by atoms with Crippen LogP contribution in [0.25, 0.3) is 0 Å². The second-order valence-electron chi connectivity index (χ2n) is 3.86. The quantitative estimate of drug-likeness (QED) is 0.615. The minimum absolute atomic E-state index is 0.0608. The number of hydrogen-bond acceptors (Lipinski definition) is 2. The number of carbonyl (C=O) groups excluding carboxylic acids is 2. The Morgan fingerprint density at radius 1 is 1.53 bits per heavy atom. The normalized spacial score (nSPS) is 27.9. The van der Waals surface area contributed by atoms with Crippen molar-refractivity contribution in [3.05, 3.63) is 0 Å². The Morgan fingerprint density at radius 2 is 2.27 bits per heavy atom. The first-order valence-corrected chi connectivity index (χ1v) is 5.39. The van der Waals surface area contributed by atoms with Crippen LogP contribution < -0.4 is 0 Å². The summed E-state index contributed by atoms with van der Waals surface area (Å²) in [6.45, 7) is 1.30. The summed E-state index contributed by atoms with van der Waals surface area (Å²) in [5, 5.41) is 0. The maximum atomic E-state index is 12.6. The summed E-state index contributed by atoms with van der Waals surface area (Å²) in [6, 6.07) is 0.0608. The zero-order valence-corrected chi connectivity index (χ0v) is 8.91. The topological polar surface area (TPSA) is 40.6 Å². The van der Waals surface area contributed by atoms with Crippen molar-refractivity contribution in [3.63, 3.8) is 0 Å². The van der Waals surface area contributed by atoms with Crippen LogP contribution in [0.4, 0.5) is 4.39 Å². The lowest BCUT2D eigenvalue weighted by Gasteiger charge is -2.37. The highest BCUT2D eigenvalue weighted by molar-refractivity contribution is 6.29. The number of alkyl halides is 2. The SMILES string of the molecule is O=C(C(F)Cl)N1CCN2C(=O)CCC2C1. The van der Waals surface area contributed by atoms with E-state index >= 15 is 0 Å². The van der Waals surface area contributed by atoms with Crippen LogP contribution in [0.15, 0.2) is 0 Å². The smallest absolute Gasteiger partial charge is 0.272 e. The Bertz CT molecular complexity index is 298. The number of halogens is 2. The highest BCUT2D eigenvalue weighted by Gasteiger charge is 2.37. The van der Waals surface area contributed by atoms with Crippen LogP contribution in [-0.2, 0) is 9.59 Å². The molecule has 2 saturated heterocycles. The van der Waals surface area contributed by atoms with Gasteiger partial charge in [0.1, 0.15) is 0 Å². The van der Waals surface area contributed by atoms with Gasteiger partial charge >= 0.3 is 0 Å². The molecule has 0 aliphatic carbocycles. The summed E-state index contributed by atoms with van der Waals surface area (Å²) >= 11 is 5.09. The molecule has 0 radical (unpaired) electrons. The molecule has 2 atom stereocenters. The van der Waals surface area contributed by atoms with Crippen LogP contribution in [0, 0.1) is 0 Å². The van der Waals surface area contributed by atoms with E-state index in [1.54, 1.807) is 4.90 Å². The van der Waals surface area contributed by atoms with Gasteiger partial charge in [0.2, 0.25) is 5.91 Å². The van der Waals surface area contributed by atoms with Crippen molar-refractivity contribution in [2.75, 3.05) is 19.6 Å². The lowest BCUT2D eigenvalue weighted by molar-refractivity contribution is -0.140. The molecule has 15 heavy (non-hydrogen) atoms. The highest BCUT2D eigenvalue weighted by Crippen LogP contribution is 2.23. The van der Waals surface area contributed by atoms with Crippen molar-refractivity contribution < 1.29 is 14.0 Å². The van der Waals surface area contributed by atoms with Gasteiger partial charge in [-0.15, -0.1) is 0 Å². The average molecular weight is 235 g/mol. The van der Waals surface area contributed by atoms with Gasteiger partial charge in [0, 0.05) is 32.1 Å². The molecule has 84 valence electrons. The Morgan fingerprint density at radius 3 is 2.93 bits per heavy atom. The lowest BCUT2D eigenvalue weighted by atomic mass is 10.1. The number of nitrogens with zero attached hydrogens (tertiary/aromatic N) is 2. The number of hydrogen-bond donors (Lipinski definition) is 0. The molecule has 0 N–H and O–H groups in total. The molecular formula is C9H12ClFN2O2. The zero-order valence-electron chi connectivity index (χ0n) is 8.16. The third kappa shape index (κ3) is 1.93. The molecule has 2 aliphatic rings. The summed E-state index contributed by atoms with van der Waals surface area (Å²) in [5.41, 5.74) is -1.96. The predicted molar refractivity (Wildman–Crippen MR) is 52.1 cm³/mol. The second-order valence-corrected chi connectivity index (χ2v) is 4.25. The molecule has 6 heteroatoms. The van der Waals surface area contributed by atoms with Crippen LogP contribution in [-0.4, -0.2) is 52.9 Å². The van der Waals surface area contributed by atoms with Crippen LogP contribution in [0.1, 0.15) is 12.8 Å². The van der Waals surface area contributed by atoms with Gasteiger partial charge in [-0.05, 0) is 6.42 Å². The molecule has 2 unspecified atom stereocenters. The van der Waals surface area contributed by atoms with Crippen LogP contribution in [0.3, 0.4) is 0 Å². The monoisotopic (exact) mass is 234 g/mol. The van der Waals surface area contributed by atoms with Crippen molar-refractivity contribution in [3.8, 4) is 0 Å². The Balaban J connectivity index is 1.99. The molecule has 2 fully saturated rings. The van der Waals surface area contributed by atoms with Crippen molar-refractivity contribution >= 4 is 23.4 Å². The first kappa shape index (κ1) is 10.7. The Kier molecular flexibility index (Phi) is 2.82. The van der Waals surface area contributed by atoms with Crippen molar-refractivity contribution in [1.29, 1.82) is 0 Å². The lowest BCUT2D eigenvalue weighted by Crippen LogP contribution is -2.54. The van der Waals surface area contributed by atoms with E-state index in [1.165, 1.54) is 4.90 Å². The summed E-state index contributed by atoms with van der Waals surface area (Å²) < 4.78 is 12.6. The fourth-order valence-corrected chi connectivity index (χ4v) is 2.34. The number of fused-ring (bicyclic) bond motifs is 1. The first-order chi connectivity index (χ1) is 7.09. The Labute approximate surface area is 92.0 Å². The first-order valence-electron chi connectivity index (χ1n) is 4.96. The molecular weight excluding hydrogens is 223 g/mol. The van der Waals surface area contributed by atoms with Gasteiger partial charge in [0.05, 0.1) is 0 Å². The van der Waals surface area contributed by atoms with E-state index in [-0.39, 0.29) is 11.9 Å². The molecule has 0 aromatic rings. The number of carbonyl (C=O) groups is 2. The third-order valence-corrected chi connectivity index (χ3v) is 3.18. The van der Waals surface area contributed by atoms with Gasteiger partial charge in [-0.1, -0.05) is 11.6 Å². The van der Waals surface area contributed by atoms with Gasteiger partial charge in [-0.25, -0.2) is 4.39 Å². The Hall–Kier alpha value is -0.840. The summed E-state index contributed by atoms with van der Waals surface area (Å²) in [7, 11) is 0. The van der Waals surface area contributed by atoms with E-state index in [2.05, 4.69) is 0 Å².